The maximum atomic E-state index is 13.6. The number of nitro benzene ring substituents is 1. The Bertz CT molecular complexity index is 1280. The van der Waals surface area contributed by atoms with Crippen molar-refractivity contribution in [1.29, 1.82) is 0 Å². The molecule has 2 aromatic carbocycles. The first kappa shape index (κ1) is 20.7. The first-order valence-electron chi connectivity index (χ1n) is 10.5. The van der Waals surface area contributed by atoms with Crippen LogP contribution < -0.4 is 4.90 Å². The van der Waals surface area contributed by atoms with Gasteiger partial charge in [-0.2, -0.15) is 5.10 Å². The summed E-state index contributed by atoms with van der Waals surface area (Å²) >= 11 is 0. The molecule has 9 heteroatoms. The Hall–Kier alpha value is -4.14. The molecule has 2 amide bonds. The van der Waals surface area contributed by atoms with Crippen LogP contribution in [0.3, 0.4) is 0 Å². The standard InChI is InChI=1S/C24H20N4O5/c1-13-8-9-17(14(2)11-13)26-23(30)19-18-7-4-10-25-27(18)21(20(19)24(26)31)22(29)15-5-3-6-16(12-15)28(32)33/h3-12,18-21H,1-2H3/t18-,19+,20-,21+/m1/s1. The first-order chi connectivity index (χ1) is 15.8. The molecule has 3 aliphatic rings. The van der Waals surface area contributed by atoms with Crippen molar-refractivity contribution in [2.75, 3.05) is 4.90 Å². The highest BCUT2D eigenvalue weighted by Gasteiger charge is 2.64. The summed E-state index contributed by atoms with van der Waals surface area (Å²) in [6.07, 6.45) is 4.96. The fraction of sp³-hybridized carbons (Fsp3) is 0.250. The molecule has 166 valence electrons. The van der Waals surface area contributed by atoms with Gasteiger partial charge in [0, 0.05) is 23.9 Å². The molecule has 2 aromatic rings. The number of allylic oxidation sites excluding steroid dienone is 1. The van der Waals surface area contributed by atoms with Crippen LogP contribution in [0.5, 0.6) is 0 Å². The van der Waals surface area contributed by atoms with Gasteiger partial charge in [-0.1, -0.05) is 35.9 Å². The molecule has 3 heterocycles. The highest BCUT2D eigenvalue weighted by atomic mass is 16.6. The van der Waals surface area contributed by atoms with Gasteiger partial charge in [-0.3, -0.25) is 29.5 Å². The topological polar surface area (TPSA) is 113 Å². The number of nitrogens with zero attached hydrogens (tertiary/aromatic N) is 4. The van der Waals surface area contributed by atoms with E-state index in [9.17, 15) is 24.5 Å². The molecular formula is C24H20N4O5. The number of fused-ring (bicyclic) bond motifs is 3. The van der Waals surface area contributed by atoms with E-state index in [-0.39, 0.29) is 17.2 Å². The van der Waals surface area contributed by atoms with Gasteiger partial charge < -0.3 is 0 Å². The number of imide groups is 1. The summed E-state index contributed by atoms with van der Waals surface area (Å²) in [7, 11) is 0. The second kappa shape index (κ2) is 7.47. The number of non-ortho nitro benzene ring substituents is 1. The minimum Gasteiger partial charge on any atom is -0.292 e. The van der Waals surface area contributed by atoms with Crippen LogP contribution in [0.1, 0.15) is 21.5 Å². The number of Topliss-reactive ketones (excluding diaryl/α,β-unsaturated/α-hetero) is 1. The van der Waals surface area contributed by atoms with Crippen LogP contribution in [0, 0.1) is 35.8 Å². The summed E-state index contributed by atoms with van der Waals surface area (Å²) in [5.74, 6) is -3.04. The van der Waals surface area contributed by atoms with E-state index < -0.39 is 40.5 Å². The van der Waals surface area contributed by atoms with E-state index in [1.807, 2.05) is 26.0 Å². The van der Waals surface area contributed by atoms with Crippen molar-refractivity contribution in [1.82, 2.24) is 5.01 Å². The number of ketones is 1. The average molecular weight is 444 g/mol. The van der Waals surface area contributed by atoms with Crippen LogP contribution >= 0.6 is 0 Å². The highest BCUT2D eigenvalue weighted by molar-refractivity contribution is 6.25. The van der Waals surface area contributed by atoms with Crippen LogP contribution in [-0.4, -0.2) is 45.8 Å². The number of hydrazone groups is 1. The first-order valence-corrected chi connectivity index (χ1v) is 10.5. The normalized spacial score (nSPS) is 25.4. The number of rotatable bonds is 4. The van der Waals surface area contributed by atoms with Crippen LogP contribution in [0.2, 0.25) is 0 Å². The molecule has 9 nitrogen and oxygen atoms in total. The molecule has 33 heavy (non-hydrogen) atoms. The van der Waals surface area contributed by atoms with E-state index in [2.05, 4.69) is 5.10 Å². The minimum atomic E-state index is -1.05. The van der Waals surface area contributed by atoms with Crippen molar-refractivity contribution in [3.8, 4) is 0 Å². The lowest BCUT2D eigenvalue weighted by Crippen LogP contribution is -2.46. The van der Waals surface area contributed by atoms with Crippen molar-refractivity contribution in [3.05, 3.63) is 81.4 Å². The smallest absolute Gasteiger partial charge is 0.270 e. The molecule has 0 aromatic heterocycles. The Morgan fingerprint density at radius 2 is 1.82 bits per heavy atom. The van der Waals surface area contributed by atoms with E-state index in [1.165, 1.54) is 40.4 Å². The molecule has 0 radical (unpaired) electrons. The quantitative estimate of drug-likeness (QED) is 0.310. The zero-order valence-electron chi connectivity index (χ0n) is 17.9. The van der Waals surface area contributed by atoms with Crippen molar-refractivity contribution < 1.29 is 19.3 Å². The average Bonchev–Trinajstić information content (AvgIpc) is 3.27. The number of benzene rings is 2. The van der Waals surface area contributed by atoms with Gasteiger partial charge in [-0.05, 0) is 31.6 Å². The third-order valence-electron chi connectivity index (χ3n) is 6.49. The molecule has 2 fully saturated rings. The SMILES string of the molecule is Cc1ccc(N2C(=O)[C@@H]3[C@@H](C2=O)[C@@H](C(=O)c2cccc([N+](=O)[O-])c2)N2N=CC=C[C@H]32)c(C)c1. The molecule has 3 aliphatic heterocycles. The molecule has 0 bridgehead atoms. The predicted molar refractivity (Wildman–Crippen MR) is 120 cm³/mol. The fourth-order valence-corrected chi connectivity index (χ4v) is 5.07. The number of hydrogen-bond acceptors (Lipinski definition) is 7. The highest BCUT2D eigenvalue weighted by Crippen LogP contribution is 2.46. The largest absolute Gasteiger partial charge is 0.292 e. The number of aryl methyl sites for hydroxylation is 2. The third kappa shape index (κ3) is 3.07. The van der Waals surface area contributed by atoms with Crippen molar-refractivity contribution in [2.45, 2.75) is 25.9 Å². The summed E-state index contributed by atoms with van der Waals surface area (Å²) in [6, 6.07) is 9.26. The molecule has 0 N–H and O–H groups in total. The summed E-state index contributed by atoms with van der Waals surface area (Å²) in [6.45, 7) is 3.76. The zero-order chi connectivity index (χ0) is 23.4. The summed E-state index contributed by atoms with van der Waals surface area (Å²) in [5.41, 5.74) is 2.17. The molecule has 5 rings (SSSR count). The molecule has 0 unspecified atom stereocenters. The van der Waals surface area contributed by atoms with E-state index in [0.717, 1.165) is 11.1 Å². The second-order valence-electron chi connectivity index (χ2n) is 8.49. The van der Waals surface area contributed by atoms with Gasteiger partial charge in [-0.25, -0.2) is 4.90 Å². The van der Waals surface area contributed by atoms with Crippen LogP contribution in [0.25, 0.3) is 0 Å². The molecule has 4 atom stereocenters. The number of nitro groups is 1. The molecule has 0 saturated carbocycles. The van der Waals surface area contributed by atoms with E-state index in [1.54, 1.807) is 18.2 Å². The predicted octanol–water partition coefficient (Wildman–Crippen LogP) is 2.81. The summed E-state index contributed by atoms with van der Waals surface area (Å²) in [4.78, 5) is 52.6. The van der Waals surface area contributed by atoms with E-state index in [4.69, 9.17) is 0 Å². The lowest BCUT2D eigenvalue weighted by atomic mass is 9.86. The zero-order valence-corrected chi connectivity index (χ0v) is 17.9. The number of amides is 2. The van der Waals surface area contributed by atoms with Gasteiger partial charge in [-0.15, -0.1) is 0 Å². The number of carbonyl (C=O) groups is 3. The third-order valence-corrected chi connectivity index (χ3v) is 6.49. The Labute approximate surface area is 189 Å². The van der Waals surface area contributed by atoms with Gasteiger partial charge in [0.2, 0.25) is 11.8 Å². The van der Waals surface area contributed by atoms with E-state index >= 15 is 0 Å². The Balaban J connectivity index is 1.59. The van der Waals surface area contributed by atoms with Gasteiger partial charge in [0.25, 0.3) is 5.69 Å². The summed E-state index contributed by atoms with van der Waals surface area (Å²) < 4.78 is 0. The van der Waals surface area contributed by atoms with Gasteiger partial charge in [0.15, 0.2) is 5.78 Å². The van der Waals surface area contributed by atoms with Gasteiger partial charge >= 0.3 is 0 Å². The van der Waals surface area contributed by atoms with Crippen molar-refractivity contribution >= 4 is 35.2 Å². The van der Waals surface area contributed by atoms with Crippen molar-refractivity contribution in [3.63, 3.8) is 0 Å². The van der Waals surface area contributed by atoms with Crippen LogP contribution in [-0.2, 0) is 9.59 Å². The number of carbonyl (C=O) groups excluding carboxylic acids is 3. The lowest BCUT2D eigenvalue weighted by Gasteiger charge is -2.30. The van der Waals surface area contributed by atoms with Crippen molar-refractivity contribution in [2.24, 2.45) is 16.9 Å². The Morgan fingerprint density at radius 3 is 2.55 bits per heavy atom. The second-order valence-corrected chi connectivity index (χ2v) is 8.49. The molecular weight excluding hydrogens is 424 g/mol. The summed E-state index contributed by atoms with van der Waals surface area (Å²) in [5, 5.41) is 17.0. The Kier molecular flexibility index (Phi) is 4.70. The fourth-order valence-electron chi connectivity index (χ4n) is 5.07. The maximum absolute atomic E-state index is 13.6. The molecule has 0 aliphatic carbocycles. The number of hydrogen-bond donors (Lipinski definition) is 0. The monoisotopic (exact) mass is 444 g/mol. The van der Waals surface area contributed by atoms with Crippen LogP contribution in [0.15, 0.2) is 59.7 Å². The van der Waals surface area contributed by atoms with Gasteiger partial charge in [0.05, 0.1) is 28.5 Å². The minimum absolute atomic E-state index is 0.101. The van der Waals surface area contributed by atoms with Crippen LogP contribution in [0.4, 0.5) is 11.4 Å². The maximum Gasteiger partial charge on any atom is 0.270 e. The lowest BCUT2D eigenvalue weighted by molar-refractivity contribution is -0.384. The number of anilines is 1. The molecule has 0 spiro atoms. The van der Waals surface area contributed by atoms with Gasteiger partial charge in [0.1, 0.15) is 6.04 Å². The van der Waals surface area contributed by atoms with E-state index in [0.29, 0.717) is 5.69 Å². The molecule has 2 saturated heterocycles. The Morgan fingerprint density at radius 1 is 1.06 bits per heavy atom.